The van der Waals surface area contributed by atoms with Gasteiger partial charge in [-0.15, -0.1) is 0 Å². The Kier molecular flexibility index (Phi) is 2.68. The molecule has 0 saturated heterocycles. The standard InChI is InChI=1S/C11H11N3O2/c1-9-7-11(14(15)16)12-13(9)8-10-5-3-2-4-6-10/h2-7H,8H2,1H3. The van der Waals surface area contributed by atoms with Crippen LogP contribution in [0.25, 0.3) is 0 Å². The summed E-state index contributed by atoms with van der Waals surface area (Å²) in [6, 6.07) is 11.2. The minimum absolute atomic E-state index is 0.103. The number of hydrogen-bond acceptors (Lipinski definition) is 3. The van der Waals surface area contributed by atoms with Crippen molar-refractivity contribution in [2.45, 2.75) is 13.5 Å². The maximum atomic E-state index is 10.5. The molecule has 82 valence electrons. The normalized spacial score (nSPS) is 10.3. The van der Waals surface area contributed by atoms with Crippen LogP contribution in [0.15, 0.2) is 36.4 Å². The molecule has 2 aromatic rings. The summed E-state index contributed by atoms with van der Waals surface area (Å²) in [6.45, 7) is 2.36. The van der Waals surface area contributed by atoms with Gasteiger partial charge in [-0.1, -0.05) is 30.3 Å². The number of benzene rings is 1. The lowest BCUT2D eigenvalue weighted by Crippen LogP contribution is -2.03. The van der Waals surface area contributed by atoms with E-state index in [1.54, 1.807) is 4.68 Å². The average molecular weight is 217 g/mol. The maximum absolute atomic E-state index is 10.5. The van der Waals surface area contributed by atoms with Gasteiger partial charge in [0.1, 0.15) is 0 Å². The quantitative estimate of drug-likeness (QED) is 0.584. The summed E-state index contributed by atoms with van der Waals surface area (Å²) in [5.74, 6) is -0.103. The summed E-state index contributed by atoms with van der Waals surface area (Å²) in [5, 5.41) is 14.5. The van der Waals surface area contributed by atoms with Gasteiger partial charge < -0.3 is 10.1 Å². The van der Waals surface area contributed by atoms with E-state index in [1.807, 2.05) is 37.3 Å². The van der Waals surface area contributed by atoms with E-state index in [0.717, 1.165) is 11.3 Å². The summed E-state index contributed by atoms with van der Waals surface area (Å²) < 4.78 is 1.63. The van der Waals surface area contributed by atoms with Gasteiger partial charge in [-0.25, -0.2) is 0 Å². The van der Waals surface area contributed by atoms with E-state index in [1.165, 1.54) is 6.07 Å². The van der Waals surface area contributed by atoms with Crippen LogP contribution in [-0.2, 0) is 6.54 Å². The lowest BCUT2D eigenvalue weighted by molar-refractivity contribution is -0.389. The highest BCUT2D eigenvalue weighted by molar-refractivity contribution is 5.23. The number of aromatic nitrogens is 2. The first-order valence-corrected chi connectivity index (χ1v) is 4.89. The Hall–Kier alpha value is -2.17. The van der Waals surface area contributed by atoms with Crippen molar-refractivity contribution in [3.63, 3.8) is 0 Å². The van der Waals surface area contributed by atoms with Gasteiger partial charge in [-0.05, 0) is 17.4 Å². The number of hydrogen-bond donors (Lipinski definition) is 0. The molecule has 0 unspecified atom stereocenters. The zero-order valence-corrected chi connectivity index (χ0v) is 8.83. The van der Waals surface area contributed by atoms with Crippen LogP contribution in [0.5, 0.6) is 0 Å². The fourth-order valence-electron chi connectivity index (χ4n) is 1.50. The molecule has 16 heavy (non-hydrogen) atoms. The molecule has 1 aromatic carbocycles. The van der Waals surface area contributed by atoms with Crippen LogP contribution in [-0.4, -0.2) is 14.7 Å². The van der Waals surface area contributed by atoms with E-state index in [2.05, 4.69) is 5.10 Å². The van der Waals surface area contributed by atoms with Crippen LogP contribution in [0.3, 0.4) is 0 Å². The Morgan fingerprint density at radius 3 is 2.62 bits per heavy atom. The van der Waals surface area contributed by atoms with Crippen LogP contribution in [0.4, 0.5) is 5.82 Å². The van der Waals surface area contributed by atoms with Crippen molar-refractivity contribution in [3.05, 3.63) is 57.8 Å². The highest BCUT2D eigenvalue weighted by atomic mass is 16.6. The molecule has 0 bridgehead atoms. The molecule has 0 fully saturated rings. The minimum Gasteiger partial charge on any atom is -0.358 e. The topological polar surface area (TPSA) is 61.0 Å². The highest BCUT2D eigenvalue weighted by Crippen LogP contribution is 2.12. The molecule has 0 atom stereocenters. The fourth-order valence-corrected chi connectivity index (χ4v) is 1.50. The molecule has 0 radical (unpaired) electrons. The lowest BCUT2D eigenvalue weighted by Gasteiger charge is -1.99. The monoisotopic (exact) mass is 217 g/mol. The Bertz CT molecular complexity index is 505. The van der Waals surface area contributed by atoms with Crippen LogP contribution >= 0.6 is 0 Å². The van der Waals surface area contributed by atoms with Crippen LogP contribution < -0.4 is 0 Å². The molecule has 5 nitrogen and oxygen atoms in total. The molecule has 0 N–H and O–H groups in total. The summed E-state index contributed by atoms with van der Waals surface area (Å²) >= 11 is 0. The van der Waals surface area contributed by atoms with Gasteiger partial charge in [0, 0.05) is 0 Å². The van der Waals surface area contributed by atoms with E-state index >= 15 is 0 Å². The number of aryl methyl sites for hydroxylation is 1. The van der Waals surface area contributed by atoms with E-state index < -0.39 is 4.92 Å². The predicted octanol–water partition coefficient (Wildman–Crippen LogP) is 2.15. The molecular formula is C11H11N3O2. The van der Waals surface area contributed by atoms with Crippen molar-refractivity contribution in [1.82, 2.24) is 9.78 Å². The molecule has 0 saturated carbocycles. The fraction of sp³-hybridized carbons (Fsp3) is 0.182. The zero-order valence-electron chi connectivity index (χ0n) is 8.83. The Balaban J connectivity index is 2.25. The van der Waals surface area contributed by atoms with Crippen molar-refractivity contribution in [1.29, 1.82) is 0 Å². The van der Waals surface area contributed by atoms with Gasteiger partial charge in [0.05, 0.1) is 23.4 Å². The second-order valence-corrected chi connectivity index (χ2v) is 3.54. The number of rotatable bonds is 3. The minimum atomic E-state index is -0.478. The zero-order chi connectivity index (χ0) is 11.5. The first kappa shape index (κ1) is 10.4. The largest absolute Gasteiger partial charge is 0.390 e. The third-order valence-corrected chi connectivity index (χ3v) is 2.33. The van der Waals surface area contributed by atoms with Gasteiger partial charge in [-0.3, -0.25) is 0 Å². The summed E-state index contributed by atoms with van der Waals surface area (Å²) in [7, 11) is 0. The van der Waals surface area contributed by atoms with Gasteiger partial charge in [0.25, 0.3) is 0 Å². The Morgan fingerprint density at radius 2 is 2.06 bits per heavy atom. The maximum Gasteiger partial charge on any atom is 0.390 e. The highest BCUT2D eigenvalue weighted by Gasteiger charge is 2.14. The van der Waals surface area contributed by atoms with Gasteiger partial charge in [0.2, 0.25) is 0 Å². The van der Waals surface area contributed by atoms with E-state index in [-0.39, 0.29) is 5.82 Å². The molecule has 0 aliphatic carbocycles. The van der Waals surface area contributed by atoms with Crippen LogP contribution in [0, 0.1) is 17.0 Å². The molecule has 0 amide bonds. The molecule has 0 aliphatic rings. The second kappa shape index (κ2) is 4.14. The molecular weight excluding hydrogens is 206 g/mol. The van der Waals surface area contributed by atoms with E-state index in [9.17, 15) is 10.1 Å². The second-order valence-electron chi connectivity index (χ2n) is 3.54. The Labute approximate surface area is 92.5 Å². The van der Waals surface area contributed by atoms with Gasteiger partial charge in [0.15, 0.2) is 0 Å². The number of nitrogens with zero attached hydrogens (tertiary/aromatic N) is 3. The van der Waals surface area contributed by atoms with Crippen molar-refractivity contribution < 1.29 is 4.92 Å². The van der Waals surface area contributed by atoms with Crippen molar-refractivity contribution >= 4 is 5.82 Å². The predicted molar refractivity (Wildman–Crippen MR) is 59.2 cm³/mol. The van der Waals surface area contributed by atoms with Crippen LogP contribution in [0.1, 0.15) is 11.3 Å². The molecule has 1 heterocycles. The lowest BCUT2D eigenvalue weighted by atomic mass is 10.2. The van der Waals surface area contributed by atoms with Crippen LogP contribution in [0.2, 0.25) is 0 Å². The summed E-state index contributed by atoms with van der Waals surface area (Å²) in [4.78, 5) is 10.1. The molecule has 5 heteroatoms. The molecule has 1 aromatic heterocycles. The van der Waals surface area contributed by atoms with E-state index in [4.69, 9.17) is 0 Å². The average Bonchev–Trinajstić information content (AvgIpc) is 2.62. The molecule has 0 spiro atoms. The van der Waals surface area contributed by atoms with Crippen molar-refractivity contribution in [2.75, 3.05) is 0 Å². The molecule has 2 rings (SSSR count). The number of nitro groups is 1. The summed E-state index contributed by atoms with van der Waals surface area (Å²) in [6.07, 6.45) is 0. The first-order chi connectivity index (χ1) is 7.66. The summed E-state index contributed by atoms with van der Waals surface area (Å²) in [5.41, 5.74) is 1.86. The molecule has 0 aliphatic heterocycles. The van der Waals surface area contributed by atoms with E-state index in [0.29, 0.717) is 6.54 Å². The first-order valence-electron chi connectivity index (χ1n) is 4.89. The van der Waals surface area contributed by atoms with Gasteiger partial charge >= 0.3 is 5.82 Å². The third kappa shape index (κ3) is 2.08. The van der Waals surface area contributed by atoms with Crippen molar-refractivity contribution in [3.8, 4) is 0 Å². The Morgan fingerprint density at radius 1 is 1.38 bits per heavy atom. The third-order valence-electron chi connectivity index (χ3n) is 2.33. The van der Waals surface area contributed by atoms with Gasteiger partial charge in [-0.2, -0.15) is 4.68 Å². The van der Waals surface area contributed by atoms with Crippen molar-refractivity contribution in [2.24, 2.45) is 0 Å². The SMILES string of the molecule is Cc1cc([N+](=O)[O-])nn1Cc1ccccc1. The smallest absolute Gasteiger partial charge is 0.358 e.